The van der Waals surface area contributed by atoms with Crippen LogP contribution < -0.4 is 10.1 Å². The summed E-state index contributed by atoms with van der Waals surface area (Å²) in [6, 6.07) is 0. The summed E-state index contributed by atoms with van der Waals surface area (Å²) in [6.45, 7) is 8.29. The molecule has 4 nitrogen and oxygen atoms in total. The fourth-order valence-electron chi connectivity index (χ4n) is 1.33. The van der Waals surface area contributed by atoms with E-state index in [9.17, 15) is 0 Å². The van der Waals surface area contributed by atoms with E-state index in [1.807, 2.05) is 14.0 Å². The van der Waals surface area contributed by atoms with Gasteiger partial charge in [0.1, 0.15) is 11.6 Å². The zero-order valence-electron chi connectivity index (χ0n) is 11.1. The summed E-state index contributed by atoms with van der Waals surface area (Å²) in [7, 11) is 1.83. The Bertz CT molecular complexity index is 441. The van der Waals surface area contributed by atoms with Gasteiger partial charge in [-0.3, -0.25) is 0 Å². The molecule has 92 valence electrons. The molecule has 1 rings (SSSR count). The molecule has 4 heteroatoms. The molecule has 0 saturated carbocycles. The normalized spacial score (nSPS) is 10.8. The third kappa shape index (κ3) is 3.10. The molecule has 0 aliphatic rings. The van der Waals surface area contributed by atoms with E-state index < -0.39 is 0 Å². The molecular formula is C13H19N3O. The van der Waals surface area contributed by atoms with Crippen molar-refractivity contribution in [3.8, 4) is 18.2 Å². The summed E-state index contributed by atoms with van der Waals surface area (Å²) in [4.78, 5) is 8.90. The lowest BCUT2D eigenvalue weighted by Crippen LogP contribution is -2.18. The molecule has 0 aromatic carbocycles. The van der Waals surface area contributed by atoms with Gasteiger partial charge in [0.15, 0.2) is 6.61 Å². The summed E-state index contributed by atoms with van der Waals surface area (Å²) in [6.07, 6.45) is 5.19. The first-order valence-corrected chi connectivity index (χ1v) is 5.53. The van der Waals surface area contributed by atoms with Crippen LogP contribution in [-0.4, -0.2) is 23.6 Å². The second-order valence-electron chi connectivity index (χ2n) is 4.82. The zero-order valence-corrected chi connectivity index (χ0v) is 11.1. The van der Waals surface area contributed by atoms with Crippen molar-refractivity contribution in [2.24, 2.45) is 0 Å². The Balaban J connectivity index is 3.24. The van der Waals surface area contributed by atoms with Crippen LogP contribution in [0.25, 0.3) is 0 Å². The molecule has 1 heterocycles. The Hall–Kier alpha value is -1.76. The maximum atomic E-state index is 5.44. The molecule has 1 aromatic heterocycles. The van der Waals surface area contributed by atoms with Gasteiger partial charge in [-0.2, -0.15) is 4.98 Å². The van der Waals surface area contributed by atoms with Gasteiger partial charge in [-0.05, 0) is 6.92 Å². The van der Waals surface area contributed by atoms with E-state index in [0.29, 0.717) is 5.88 Å². The van der Waals surface area contributed by atoms with Gasteiger partial charge in [0.05, 0.1) is 5.56 Å². The van der Waals surface area contributed by atoms with Crippen LogP contribution in [0.4, 0.5) is 5.82 Å². The van der Waals surface area contributed by atoms with Crippen LogP contribution in [0.2, 0.25) is 0 Å². The average Bonchev–Trinajstić information content (AvgIpc) is 2.26. The minimum Gasteiger partial charge on any atom is -0.464 e. The second-order valence-corrected chi connectivity index (χ2v) is 4.82. The van der Waals surface area contributed by atoms with Crippen LogP contribution in [0.1, 0.15) is 32.2 Å². The number of ether oxygens (including phenoxy) is 1. The van der Waals surface area contributed by atoms with Gasteiger partial charge in [0, 0.05) is 12.5 Å². The van der Waals surface area contributed by atoms with Gasteiger partial charge < -0.3 is 10.1 Å². The van der Waals surface area contributed by atoms with Crippen molar-refractivity contribution < 1.29 is 4.74 Å². The van der Waals surface area contributed by atoms with E-state index in [1.54, 1.807) is 0 Å². The van der Waals surface area contributed by atoms with Crippen molar-refractivity contribution in [1.29, 1.82) is 0 Å². The number of anilines is 1. The number of hydrogen-bond donors (Lipinski definition) is 1. The highest BCUT2D eigenvalue weighted by molar-refractivity contribution is 5.48. The molecule has 1 N–H and O–H groups in total. The van der Waals surface area contributed by atoms with Crippen molar-refractivity contribution in [1.82, 2.24) is 9.97 Å². The quantitative estimate of drug-likeness (QED) is 0.812. The number of terminal acetylenes is 1. The predicted molar refractivity (Wildman–Crippen MR) is 69.3 cm³/mol. The van der Waals surface area contributed by atoms with E-state index in [0.717, 1.165) is 17.2 Å². The van der Waals surface area contributed by atoms with Gasteiger partial charge in [-0.25, -0.2) is 4.98 Å². The Morgan fingerprint density at radius 2 is 2.00 bits per heavy atom. The van der Waals surface area contributed by atoms with Crippen LogP contribution in [-0.2, 0) is 5.41 Å². The molecule has 0 amide bonds. The smallest absolute Gasteiger partial charge is 0.222 e. The van der Waals surface area contributed by atoms with Crippen molar-refractivity contribution in [2.45, 2.75) is 33.1 Å². The number of aromatic nitrogens is 2. The third-order valence-electron chi connectivity index (χ3n) is 2.30. The van der Waals surface area contributed by atoms with E-state index in [1.165, 1.54) is 0 Å². The monoisotopic (exact) mass is 233 g/mol. The average molecular weight is 233 g/mol. The molecule has 0 radical (unpaired) electrons. The van der Waals surface area contributed by atoms with Crippen LogP contribution in [0.15, 0.2) is 0 Å². The first-order chi connectivity index (χ1) is 7.90. The van der Waals surface area contributed by atoms with Crippen molar-refractivity contribution in [2.75, 3.05) is 19.0 Å². The van der Waals surface area contributed by atoms with Crippen molar-refractivity contribution in [3.63, 3.8) is 0 Å². The SMILES string of the molecule is C#CCOc1nc(C(C)(C)C)nc(NC)c1C. The number of rotatable bonds is 3. The second kappa shape index (κ2) is 5.05. The third-order valence-corrected chi connectivity index (χ3v) is 2.30. The molecule has 0 aliphatic heterocycles. The first-order valence-electron chi connectivity index (χ1n) is 5.53. The molecular weight excluding hydrogens is 214 g/mol. The summed E-state index contributed by atoms with van der Waals surface area (Å²) in [5.41, 5.74) is 0.740. The van der Waals surface area contributed by atoms with E-state index >= 15 is 0 Å². The molecule has 17 heavy (non-hydrogen) atoms. The van der Waals surface area contributed by atoms with Crippen LogP contribution in [0, 0.1) is 19.3 Å². The highest BCUT2D eigenvalue weighted by atomic mass is 16.5. The molecule has 0 atom stereocenters. The van der Waals surface area contributed by atoms with Crippen LogP contribution in [0.5, 0.6) is 5.88 Å². The lowest BCUT2D eigenvalue weighted by molar-refractivity contribution is 0.347. The zero-order chi connectivity index (χ0) is 13.1. The first kappa shape index (κ1) is 13.3. The summed E-state index contributed by atoms with van der Waals surface area (Å²) in [5, 5.41) is 3.04. The molecule has 0 saturated heterocycles. The van der Waals surface area contributed by atoms with Crippen LogP contribution >= 0.6 is 0 Å². The molecule has 0 fully saturated rings. The largest absolute Gasteiger partial charge is 0.464 e. The Labute approximate surface area is 103 Å². The van der Waals surface area contributed by atoms with E-state index in [4.69, 9.17) is 11.2 Å². The summed E-state index contributed by atoms with van der Waals surface area (Å²) < 4.78 is 5.44. The van der Waals surface area contributed by atoms with Gasteiger partial charge in [0.25, 0.3) is 0 Å². The van der Waals surface area contributed by atoms with E-state index in [-0.39, 0.29) is 12.0 Å². The lowest BCUT2D eigenvalue weighted by atomic mass is 9.95. The maximum absolute atomic E-state index is 5.44. The number of nitrogens with zero attached hydrogens (tertiary/aromatic N) is 2. The van der Waals surface area contributed by atoms with Gasteiger partial charge >= 0.3 is 0 Å². The topological polar surface area (TPSA) is 47.0 Å². The maximum Gasteiger partial charge on any atom is 0.222 e. The van der Waals surface area contributed by atoms with Gasteiger partial charge in [-0.15, -0.1) is 6.42 Å². The Morgan fingerprint density at radius 1 is 1.35 bits per heavy atom. The van der Waals surface area contributed by atoms with Crippen molar-refractivity contribution >= 4 is 5.82 Å². The molecule has 0 unspecified atom stereocenters. The fraction of sp³-hybridized carbons (Fsp3) is 0.538. The minimum atomic E-state index is -0.131. The van der Waals surface area contributed by atoms with Gasteiger partial charge in [-0.1, -0.05) is 26.7 Å². The Kier molecular flexibility index (Phi) is 3.95. The summed E-state index contributed by atoms with van der Waals surface area (Å²) >= 11 is 0. The summed E-state index contributed by atoms with van der Waals surface area (Å²) in [5.74, 6) is 4.49. The molecule has 0 aliphatic carbocycles. The molecule has 0 spiro atoms. The Morgan fingerprint density at radius 3 is 2.47 bits per heavy atom. The van der Waals surface area contributed by atoms with Crippen molar-refractivity contribution in [3.05, 3.63) is 11.4 Å². The van der Waals surface area contributed by atoms with Crippen LogP contribution in [0.3, 0.4) is 0 Å². The standard InChI is InChI=1S/C13H19N3O/c1-7-8-17-11-9(2)10(14-6)15-12(16-11)13(3,4)5/h1H,8H2,2-6H3,(H,14,15,16). The predicted octanol–water partition coefficient (Wildman–Crippen LogP) is 2.14. The molecule has 0 bridgehead atoms. The fourth-order valence-corrected chi connectivity index (χ4v) is 1.33. The molecule has 1 aromatic rings. The van der Waals surface area contributed by atoms with Gasteiger partial charge in [0.2, 0.25) is 5.88 Å². The highest BCUT2D eigenvalue weighted by Gasteiger charge is 2.21. The lowest BCUT2D eigenvalue weighted by Gasteiger charge is -2.19. The minimum absolute atomic E-state index is 0.131. The number of nitrogens with one attached hydrogen (secondary N) is 1. The number of hydrogen-bond acceptors (Lipinski definition) is 4. The van der Waals surface area contributed by atoms with E-state index in [2.05, 4.69) is 42.0 Å². The highest BCUT2D eigenvalue weighted by Crippen LogP contribution is 2.27.